The van der Waals surface area contributed by atoms with Gasteiger partial charge in [-0.05, 0) is 37.3 Å². The number of aryl methyl sites for hydroxylation is 1. The van der Waals surface area contributed by atoms with E-state index in [9.17, 15) is 9.59 Å². The van der Waals surface area contributed by atoms with Crippen LogP contribution in [-0.2, 0) is 4.74 Å². The molecule has 0 unspecified atom stereocenters. The highest BCUT2D eigenvalue weighted by Crippen LogP contribution is 2.32. The van der Waals surface area contributed by atoms with Crippen molar-refractivity contribution >= 4 is 38.4 Å². The van der Waals surface area contributed by atoms with Crippen LogP contribution in [0.2, 0.25) is 0 Å². The highest BCUT2D eigenvalue weighted by Gasteiger charge is 2.14. The van der Waals surface area contributed by atoms with Crippen LogP contribution in [0.15, 0.2) is 57.7 Å². The molecule has 0 radical (unpaired) electrons. The number of ether oxygens (including phenoxy) is 1. The predicted octanol–water partition coefficient (Wildman–Crippen LogP) is 4.77. The van der Waals surface area contributed by atoms with E-state index in [1.165, 1.54) is 18.4 Å². The molecule has 0 aliphatic rings. The number of furan rings is 1. The number of hydrogen-bond acceptors (Lipinski definition) is 5. The molecule has 0 aliphatic heterocycles. The van der Waals surface area contributed by atoms with Crippen LogP contribution < -0.4 is 4.74 Å². The van der Waals surface area contributed by atoms with Gasteiger partial charge in [-0.25, -0.2) is 4.79 Å². The summed E-state index contributed by atoms with van der Waals surface area (Å²) >= 11 is 1.22. The average molecular weight is 350 g/mol. The van der Waals surface area contributed by atoms with Crippen molar-refractivity contribution in [2.45, 2.75) is 6.92 Å². The lowest BCUT2D eigenvalue weighted by Gasteiger charge is -2.01. The van der Waals surface area contributed by atoms with Crippen LogP contribution in [-0.4, -0.2) is 13.1 Å². The second kappa shape index (κ2) is 5.86. The summed E-state index contributed by atoms with van der Waals surface area (Å²) in [5.74, 6) is 0.214. The highest BCUT2D eigenvalue weighted by atomic mass is 32.1. The first-order valence-electron chi connectivity index (χ1n) is 7.72. The number of rotatable bonds is 2. The van der Waals surface area contributed by atoms with Crippen LogP contribution >= 0.6 is 11.3 Å². The van der Waals surface area contributed by atoms with E-state index in [1.54, 1.807) is 30.3 Å². The van der Waals surface area contributed by atoms with Crippen molar-refractivity contribution in [3.63, 3.8) is 0 Å². The number of benzene rings is 2. The summed E-state index contributed by atoms with van der Waals surface area (Å²) < 4.78 is 11.6. The zero-order chi connectivity index (χ0) is 17.6. The Morgan fingerprint density at radius 3 is 2.52 bits per heavy atom. The third-order valence-corrected chi connectivity index (χ3v) is 5.11. The topological polar surface area (TPSA) is 56.5 Å². The zero-order valence-corrected chi connectivity index (χ0v) is 14.5. The molecule has 2 heterocycles. The molecule has 0 fully saturated rings. The zero-order valence-electron chi connectivity index (χ0n) is 13.7. The minimum Gasteiger partial charge on any atom is -0.465 e. The fourth-order valence-corrected chi connectivity index (χ4v) is 3.70. The third-order valence-electron chi connectivity index (χ3n) is 4.12. The van der Waals surface area contributed by atoms with Gasteiger partial charge in [0.1, 0.15) is 11.3 Å². The summed E-state index contributed by atoms with van der Waals surface area (Å²) in [6.45, 7) is 2.01. The van der Waals surface area contributed by atoms with E-state index in [-0.39, 0.29) is 10.7 Å². The molecule has 2 aromatic carbocycles. The van der Waals surface area contributed by atoms with Crippen molar-refractivity contribution in [3.05, 3.63) is 69.2 Å². The summed E-state index contributed by atoms with van der Waals surface area (Å²) in [4.78, 5) is 23.9. The summed E-state index contributed by atoms with van der Waals surface area (Å²) in [5.41, 5.74) is 2.98. The van der Waals surface area contributed by atoms with Gasteiger partial charge in [0.05, 0.1) is 18.1 Å². The van der Waals surface area contributed by atoms with Gasteiger partial charge in [0.15, 0.2) is 0 Å². The van der Waals surface area contributed by atoms with Crippen molar-refractivity contribution in [2.75, 3.05) is 7.11 Å². The van der Waals surface area contributed by atoms with Gasteiger partial charge in [0.2, 0.25) is 4.74 Å². The molecule has 124 valence electrons. The second-order valence-electron chi connectivity index (χ2n) is 5.81. The van der Waals surface area contributed by atoms with Crippen LogP contribution in [0.25, 0.3) is 32.4 Å². The van der Waals surface area contributed by atoms with Crippen molar-refractivity contribution in [1.29, 1.82) is 0 Å². The summed E-state index contributed by atoms with van der Waals surface area (Å²) in [6, 6.07) is 14.7. The molecular weight excluding hydrogens is 336 g/mol. The fraction of sp³-hybridized carbons (Fsp3) is 0.100. The minimum absolute atomic E-state index is 0.0208. The Morgan fingerprint density at radius 1 is 1.04 bits per heavy atom. The molecule has 0 atom stereocenters. The third kappa shape index (κ3) is 2.62. The normalized spacial score (nSPS) is 11.1. The van der Waals surface area contributed by atoms with Gasteiger partial charge >= 0.3 is 5.97 Å². The number of carbonyl (C=O) groups excluding carboxylic acids is 1. The van der Waals surface area contributed by atoms with Crippen LogP contribution in [0, 0.1) is 6.92 Å². The van der Waals surface area contributed by atoms with E-state index in [2.05, 4.69) is 0 Å². The number of fused-ring (bicyclic) bond motifs is 3. The Balaban J connectivity index is 1.90. The Kier molecular flexibility index (Phi) is 3.66. The highest BCUT2D eigenvalue weighted by molar-refractivity contribution is 7.17. The largest absolute Gasteiger partial charge is 0.465 e. The molecule has 25 heavy (non-hydrogen) atoms. The lowest BCUT2D eigenvalue weighted by Crippen LogP contribution is -2.00. The lowest BCUT2D eigenvalue weighted by atomic mass is 10.1. The molecular formula is C20H14O4S. The van der Waals surface area contributed by atoms with E-state index < -0.39 is 0 Å². The molecule has 0 saturated carbocycles. The van der Waals surface area contributed by atoms with Crippen molar-refractivity contribution in [3.8, 4) is 11.3 Å². The quantitative estimate of drug-likeness (QED) is 0.489. The van der Waals surface area contributed by atoms with Gasteiger partial charge in [-0.1, -0.05) is 35.1 Å². The molecule has 0 N–H and O–H groups in total. The Morgan fingerprint density at radius 2 is 1.80 bits per heavy atom. The van der Waals surface area contributed by atoms with Crippen LogP contribution in [0.1, 0.15) is 15.9 Å². The number of carbonyl (C=O) groups is 1. The molecule has 4 rings (SSSR count). The minimum atomic E-state index is -0.388. The van der Waals surface area contributed by atoms with Crippen LogP contribution in [0.4, 0.5) is 0 Å². The van der Waals surface area contributed by atoms with Gasteiger partial charge in [0.25, 0.3) is 0 Å². The maximum absolute atomic E-state index is 12.4. The molecule has 0 saturated heterocycles. The van der Waals surface area contributed by atoms with E-state index in [4.69, 9.17) is 9.15 Å². The maximum atomic E-state index is 12.4. The smallest absolute Gasteiger partial charge is 0.337 e. The number of esters is 1. The summed E-state index contributed by atoms with van der Waals surface area (Å²) in [5, 5.41) is 1.52. The molecule has 4 nitrogen and oxygen atoms in total. The van der Waals surface area contributed by atoms with E-state index in [0.717, 1.165) is 21.2 Å². The number of hydrogen-bond donors (Lipinski definition) is 0. The molecule has 0 aliphatic carbocycles. The monoisotopic (exact) mass is 350 g/mol. The first-order chi connectivity index (χ1) is 12.1. The van der Waals surface area contributed by atoms with E-state index in [1.807, 2.05) is 25.1 Å². The Bertz CT molecular complexity index is 1170. The van der Waals surface area contributed by atoms with Crippen molar-refractivity contribution in [1.82, 2.24) is 0 Å². The first-order valence-corrected chi connectivity index (χ1v) is 8.54. The van der Waals surface area contributed by atoms with Gasteiger partial charge < -0.3 is 9.15 Å². The van der Waals surface area contributed by atoms with Gasteiger partial charge in [-0.3, -0.25) is 4.79 Å². The fourth-order valence-electron chi connectivity index (χ4n) is 2.84. The predicted molar refractivity (Wildman–Crippen MR) is 99.4 cm³/mol. The molecule has 2 aromatic heterocycles. The van der Waals surface area contributed by atoms with Crippen molar-refractivity contribution < 1.29 is 13.9 Å². The van der Waals surface area contributed by atoms with Gasteiger partial charge in [-0.2, -0.15) is 0 Å². The molecule has 0 spiro atoms. The maximum Gasteiger partial charge on any atom is 0.337 e. The van der Waals surface area contributed by atoms with Gasteiger partial charge in [0, 0.05) is 15.6 Å². The summed E-state index contributed by atoms with van der Waals surface area (Å²) in [6.07, 6.45) is 0. The second-order valence-corrected chi connectivity index (χ2v) is 6.83. The first kappa shape index (κ1) is 15.6. The van der Waals surface area contributed by atoms with Crippen LogP contribution in [0.3, 0.4) is 0 Å². The standard InChI is InChI=1S/C20H14O4S/c1-11-3-8-17-14(9-11)18-15(20(22)25-17)10-16(24-18)12-4-6-13(7-5-12)19(21)23-2/h3-10H,1-2H3. The SMILES string of the molecule is COC(=O)c1ccc(-c2cc3c(=O)sc4ccc(C)cc4c3o2)cc1. The number of methoxy groups -OCH3 is 1. The van der Waals surface area contributed by atoms with E-state index >= 15 is 0 Å². The van der Waals surface area contributed by atoms with Crippen molar-refractivity contribution in [2.24, 2.45) is 0 Å². The Labute approximate surface area is 147 Å². The molecule has 5 heteroatoms. The lowest BCUT2D eigenvalue weighted by molar-refractivity contribution is 0.0601. The molecule has 0 amide bonds. The molecule has 4 aromatic rings. The average Bonchev–Trinajstić information content (AvgIpc) is 3.08. The van der Waals surface area contributed by atoms with Crippen LogP contribution in [0.5, 0.6) is 0 Å². The van der Waals surface area contributed by atoms with E-state index in [0.29, 0.717) is 22.3 Å². The Hall–Kier alpha value is -2.92. The molecule has 0 bridgehead atoms. The van der Waals surface area contributed by atoms with Gasteiger partial charge in [-0.15, -0.1) is 0 Å². The summed E-state index contributed by atoms with van der Waals surface area (Å²) in [7, 11) is 1.35.